The molecule has 1 aliphatic heterocycles. The van der Waals surface area contributed by atoms with Crippen molar-refractivity contribution in [2.24, 2.45) is 5.92 Å². The molecule has 0 saturated carbocycles. The topological polar surface area (TPSA) is 41.7 Å². The number of ketones is 1. The van der Waals surface area contributed by atoms with Crippen LogP contribution in [0.4, 0.5) is 8.78 Å². The number of aliphatic hydroxyl groups is 1. The Hall–Kier alpha value is -2.11. The third-order valence-corrected chi connectivity index (χ3v) is 4.85. The normalized spacial score (nSPS) is 27.0. The number of halogens is 2. The van der Waals surface area contributed by atoms with E-state index in [4.69, 9.17) is 0 Å². The zero-order valence-electron chi connectivity index (χ0n) is 13.4. The Kier molecular flexibility index (Phi) is 4.47. The maximum atomic E-state index is 13.2. The van der Waals surface area contributed by atoms with Gasteiger partial charge >= 0.3 is 0 Å². The fraction of sp³-hybridized carbons (Fsp3) is 0.316. The average molecular weight is 332 g/mol. The van der Waals surface area contributed by atoms with Crippen molar-refractivity contribution in [3.05, 3.63) is 71.3 Å². The third kappa shape index (κ3) is 3.09. The van der Waals surface area contributed by atoms with Gasteiger partial charge in [-0.3, -0.25) is 4.79 Å². The van der Waals surface area contributed by atoms with E-state index in [0.29, 0.717) is 30.6 Å². The smallest absolute Gasteiger partial charge is 0.174 e. The van der Waals surface area contributed by atoms with E-state index in [1.165, 1.54) is 48.5 Å². The van der Waals surface area contributed by atoms with Gasteiger partial charge in [-0.15, -0.1) is 0 Å². The minimum Gasteiger partial charge on any atom is -0.384 e. The average Bonchev–Trinajstić information content (AvgIpc) is 2.58. The van der Waals surface area contributed by atoms with Crippen molar-refractivity contribution < 1.29 is 23.6 Å². The lowest BCUT2D eigenvalue weighted by molar-refractivity contribution is -0.890. The molecule has 3 rings (SSSR count). The van der Waals surface area contributed by atoms with Gasteiger partial charge in [-0.1, -0.05) is 12.1 Å². The first-order chi connectivity index (χ1) is 11.4. The molecule has 0 spiro atoms. The summed E-state index contributed by atoms with van der Waals surface area (Å²) in [6.45, 7) is 1.17. The van der Waals surface area contributed by atoms with E-state index < -0.39 is 17.3 Å². The van der Waals surface area contributed by atoms with Crippen molar-refractivity contribution in [1.82, 2.24) is 0 Å². The number of hydrogen-bond donors (Lipinski definition) is 2. The molecular weight excluding hydrogens is 312 g/mol. The van der Waals surface area contributed by atoms with Crippen LogP contribution in [0.2, 0.25) is 0 Å². The second-order valence-corrected chi connectivity index (χ2v) is 6.52. The molecule has 1 fully saturated rings. The van der Waals surface area contributed by atoms with E-state index in [0.717, 1.165) is 4.90 Å². The van der Waals surface area contributed by atoms with Crippen LogP contribution < -0.4 is 4.90 Å². The van der Waals surface area contributed by atoms with Crippen LogP contribution in [-0.4, -0.2) is 31.0 Å². The predicted molar refractivity (Wildman–Crippen MR) is 85.8 cm³/mol. The van der Waals surface area contributed by atoms with Gasteiger partial charge in [0, 0.05) is 12.0 Å². The van der Waals surface area contributed by atoms with Gasteiger partial charge in [0.25, 0.3) is 0 Å². The Bertz CT molecular complexity index is 730. The Balaban J connectivity index is 1.98. The largest absolute Gasteiger partial charge is 0.384 e. The number of piperidine rings is 1. The van der Waals surface area contributed by atoms with Gasteiger partial charge in [0.05, 0.1) is 20.1 Å². The Morgan fingerprint density at radius 2 is 1.62 bits per heavy atom. The molecule has 24 heavy (non-hydrogen) atoms. The van der Waals surface area contributed by atoms with Crippen LogP contribution in [0.1, 0.15) is 22.3 Å². The fourth-order valence-electron chi connectivity index (χ4n) is 3.41. The number of carbonyl (C=O) groups is 1. The van der Waals surface area contributed by atoms with Crippen LogP contribution in [0.15, 0.2) is 48.5 Å². The number of rotatable bonds is 3. The van der Waals surface area contributed by atoms with Crippen molar-refractivity contribution >= 4 is 5.78 Å². The summed E-state index contributed by atoms with van der Waals surface area (Å²) in [5, 5.41) is 11.3. The Morgan fingerprint density at radius 1 is 1.08 bits per heavy atom. The minimum atomic E-state index is -1.35. The monoisotopic (exact) mass is 332 g/mol. The molecule has 1 unspecified atom stereocenters. The molecule has 2 N–H and O–H groups in total. The van der Waals surface area contributed by atoms with Crippen LogP contribution in [0.25, 0.3) is 0 Å². The van der Waals surface area contributed by atoms with E-state index in [2.05, 4.69) is 0 Å². The first-order valence-electron chi connectivity index (χ1n) is 7.99. The lowest BCUT2D eigenvalue weighted by atomic mass is 9.73. The van der Waals surface area contributed by atoms with Gasteiger partial charge in [0.15, 0.2) is 5.78 Å². The summed E-state index contributed by atoms with van der Waals surface area (Å²) < 4.78 is 26.3. The number of carbonyl (C=O) groups excluding carboxylic acids is 1. The maximum absolute atomic E-state index is 13.2. The van der Waals surface area contributed by atoms with Crippen LogP contribution in [0, 0.1) is 17.6 Å². The van der Waals surface area contributed by atoms with Gasteiger partial charge in [-0.2, -0.15) is 0 Å². The van der Waals surface area contributed by atoms with E-state index in [1.54, 1.807) is 0 Å². The quantitative estimate of drug-likeness (QED) is 0.838. The fourth-order valence-corrected chi connectivity index (χ4v) is 3.41. The van der Waals surface area contributed by atoms with Gasteiger partial charge in [-0.25, -0.2) is 8.78 Å². The third-order valence-electron chi connectivity index (χ3n) is 4.85. The van der Waals surface area contributed by atoms with Crippen LogP contribution >= 0.6 is 0 Å². The summed E-state index contributed by atoms with van der Waals surface area (Å²) >= 11 is 0. The van der Waals surface area contributed by atoms with Crippen molar-refractivity contribution in [3.63, 3.8) is 0 Å². The first-order valence-corrected chi connectivity index (χ1v) is 7.99. The standard InChI is InChI=1S/C19H19F2NO2/c1-22-11-10-19(24,14-4-8-16(21)9-5-14)17(12-22)18(23)13-2-6-15(20)7-3-13/h2-9,17,24H,10-12H2,1H3/p+1/t17-,19+/m0/s1. The summed E-state index contributed by atoms with van der Waals surface area (Å²) in [5.41, 5.74) is -0.438. The zero-order valence-corrected chi connectivity index (χ0v) is 13.4. The number of Topliss-reactive ketones (excluding diaryl/α,β-unsaturated/α-hetero) is 1. The SMILES string of the molecule is C[NH+]1CC[C@@](O)(c2ccc(F)cc2)[C@H](C(=O)c2ccc(F)cc2)C1. The zero-order chi connectivity index (χ0) is 17.3. The summed E-state index contributed by atoms with van der Waals surface area (Å²) in [6.07, 6.45) is 0.405. The molecule has 0 bridgehead atoms. The van der Waals surface area contributed by atoms with Gasteiger partial charge < -0.3 is 10.0 Å². The van der Waals surface area contributed by atoms with Crippen LogP contribution in [-0.2, 0) is 5.60 Å². The maximum Gasteiger partial charge on any atom is 0.174 e. The molecule has 0 aromatic heterocycles. The second-order valence-electron chi connectivity index (χ2n) is 6.52. The van der Waals surface area contributed by atoms with Crippen LogP contribution in [0.5, 0.6) is 0 Å². The molecule has 0 radical (unpaired) electrons. The van der Waals surface area contributed by atoms with Crippen molar-refractivity contribution in [3.8, 4) is 0 Å². The minimum absolute atomic E-state index is 0.221. The lowest BCUT2D eigenvalue weighted by Gasteiger charge is -2.41. The number of quaternary nitrogens is 1. The molecule has 1 saturated heterocycles. The van der Waals surface area contributed by atoms with Gasteiger partial charge in [0.1, 0.15) is 23.2 Å². The summed E-state index contributed by atoms with van der Waals surface area (Å²) in [7, 11) is 1.97. The summed E-state index contributed by atoms with van der Waals surface area (Å²) in [4.78, 5) is 14.1. The van der Waals surface area contributed by atoms with E-state index in [9.17, 15) is 18.7 Å². The molecule has 0 aliphatic carbocycles. The van der Waals surface area contributed by atoms with Crippen LogP contribution in [0.3, 0.4) is 0 Å². The highest BCUT2D eigenvalue weighted by atomic mass is 19.1. The predicted octanol–water partition coefficient (Wildman–Crippen LogP) is 1.57. The highest BCUT2D eigenvalue weighted by Crippen LogP contribution is 2.36. The number of hydrogen-bond acceptors (Lipinski definition) is 2. The lowest BCUT2D eigenvalue weighted by Crippen LogP contribution is -3.12. The molecule has 1 heterocycles. The van der Waals surface area contributed by atoms with Crippen molar-refractivity contribution in [1.29, 1.82) is 0 Å². The van der Waals surface area contributed by atoms with E-state index in [1.807, 2.05) is 7.05 Å². The first kappa shape index (κ1) is 16.7. The molecule has 2 aromatic carbocycles. The number of likely N-dealkylation sites (tertiary alicyclic amines) is 1. The molecule has 5 heteroatoms. The number of nitrogens with one attached hydrogen (secondary N) is 1. The Morgan fingerprint density at radius 3 is 2.21 bits per heavy atom. The van der Waals surface area contributed by atoms with Gasteiger partial charge in [-0.05, 0) is 42.0 Å². The van der Waals surface area contributed by atoms with E-state index >= 15 is 0 Å². The van der Waals surface area contributed by atoms with Crippen molar-refractivity contribution in [2.75, 3.05) is 20.1 Å². The molecule has 0 amide bonds. The highest BCUT2D eigenvalue weighted by molar-refractivity contribution is 5.98. The molecule has 126 valence electrons. The molecule has 2 aromatic rings. The molecular formula is C19H20F2NO2+. The molecule has 3 atom stereocenters. The summed E-state index contributed by atoms with van der Waals surface area (Å²) in [6, 6.07) is 11.0. The van der Waals surface area contributed by atoms with Crippen molar-refractivity contribution in [2.45, 2.75) is 12.0 Å². The molecule has 1 aliphatic rings. The highest BCUT2D eigenvalue weighted by Gasteiger charge is 2.48. The van der Waals surface area contributed by atoms with E-state index in [-0.39, 0.29) is 11.6 Å². The summed E-state index contributed by atoms with van der Waals surface area (Å²) in [5.74, 6) is -1.68. The number of benzene rings is 2. The Labute approximate surface area is 139 Å². The second kappa shape index (κ2) is 6.42. The molecule has 3 nitrogen and oxygen atoms in total. The van der Waals surface area contributed by atoms with Gasteiger partial charge in [0.2, 0.25) is 0 Å².